The molecule has 0 fully saturated rings. The number of halogens is 1. The Labute approximate surface area is 206 Å². The van der Waals surface area contributed by atoms with E-state index in [9.17, 15) is 9.18 Å². The highest BCUT2D eigenvalue weighted by Gasteiger charge is 2.20. The first-order valence-corrected chi connectivity index (χ1v) is 11.3. The van der Waals surface area contributed by atoms with Gasteiger partial charge in [-0.1, -0.05) is 12.1 Å². The molecular weight excluding hydrogens is 459 g/mol. The molecule has 0 spiro atoms. The van der Waals surface area contributed by atoms with Crippen LogP contribution in [0.3, 0.4) is 0 Å². The maximum absolute atomic E-state index is 13.5. The van der Waals surface area contributed by atoms with Gasteiger partial charge in [-0.2, -0.15) is 5.10 Å². The quantitative estimate of drug-likeness (QED) is 0.325. The fraction of sp³-hybridized carbons (Fsp3) is 0.107. The van der Waals surface area contributed by atoms with Gasteiger partial charge in [0.1, 0.15) is 17.3 Å². The smallest absolute Gasteiger partial charge is 0.252 e. The summed E-state index contributed by atoms with van der Waals surface area (Å²) in [6, 6.07) is 22.6. The molecule has 3 aromatic carbocycles. The number of benzene rings is 3. The second-order valence-electron chi connectivity index (χ2n) is 8.12. The van der Waals surface area contributed by atoms with E-state index in [0.717, 1.165) is 22.6 Å². The van der Waals surface area contributed by atoms with Crippen molar-refractivity contribution in [2.24, 2.45) is 0 Å². The Hall–Kier alpha value is -4.72. The van der Waals surface area contributed by atoms with Crippen LogP contribution in [-0.2, 0) is 6.54 Å². The molecule has 180 valence electrons. The summed E-state index contributed by atoms with van der Waals surface area (Å²) in [6.45, 7) is 0.328. The number of aromatic nitrogens is 3. The summed E-state index contributed by atoms with van der Waals surface area (Å²) in [5.74, 6) is 0.834. The lowest BCUT2D eigenvalue weighted by Crippen LogP contribution is -2.23. The van der Waals surface area contributed by atoms with Crippen LogP contribution >= 0.6 is 0 Å². The molecule has 0 saturated heterocycles. The maximum atomic E-state index is 13.5. The van der Waals surface area contributed by atoms with Crippen molar-refractivity contribution in [1.29, 1.82) is 0 Å². The molecule has 1 amide bonds. The molecule has 0 bridgehead atoms. The molecule has 0 radical (unpaired) electrons. The van der Waals surface area contributed by atoms with Crippen LogP contribution in [0.4, 0.5) is 4.39 Å². The molecular formula is C28H23FN4O3. The summed E-state index contributed by atoms with van der Waals surface area (Å²) in [6.07, 6.45) is 0. The van der Waals surface area contributed by atoms with Gasteiger partial charge in [0.25, 0.3) is 5.91 Å². The largest absolute Gasteiger partial charge is 0.497 e. The summed E-state index contributed by atoms with van der Waals surface area (Å²) in [5.41, 5.74) is 4.42. The minimum atomic E-state index is -0.347. The maximum Gasteiger partial charge on any atom is 0.252 e. The average Bonchev–Trinajstić information content (AvgIpc) is 3.36. The second kappa shape index (κ2) is 9.87. The second-order valence-corrected chi connectivity index (χ2v) is 8.12. The lowest BCUT2D eigenvalue weighted by Gasteiger charge is -2.11. The topological polar surface area (TPSA) is 89.1 Å². The molecule has 0 aliphatic carbocycles. The molecule has 0 atom stereocenters. The third-order valence-corrected chi connectivity index (χ3v) is 5.90. The van der Waals surface area contributed by atoms with Crippen LogP contribution in [0.5, 0.6) is 11.5 Å². The van der Waals surface area contributed by atoms with Gasteiger partial charge in [-0.25, -0.2) is 9.37 Å². The third-order valence-electron chi connectivity index (χ3n) is 5.90. The average molecular weight is 483 g/mol. The minimum absolute atomic E-state index is 0.280. The summed E-state index contributed by atoms with van der Waals surface area (Å²) in [4.78, 5) is 18.2. The number of fused-ring (bicyclic) bond motifs is 1. The van der Waals surface area contributed by atoms with E-state index in [0.29, 0.717) is 40.1 Å². The van der Waals surface area contributed by atoms with Crippen molar-refractivity contribution in [1.82, 2.24) is 20.5 Å². The van der Waals surface area contributed by atoms with Gasteiger partial charge in [0.05, 0.1) is 36.6 Å². The SMILES string of the molecule is COc1ccc(CNC(=O)c2cc(-c3ccc(OC)cc3)nc3n[nH]c(-c4ccc(F)cc4)c23)cc1. The van der Waals surface area contributed by atoms with Gasteiger partial charge in [0.15, 0.2) is 5.65 Å². The molecule has 8 heteroatoms. The van der Waals surface area contributed by atoms with Crippen molar-refractivity contribution < 1.29 is 18.7 Å². The van der Waals surface area contributed by atoms with Gasteiger partial charge in [0, 0.05) is 17.7 Å². The van der Waals surface area contributed by atoms with Crippen molar-refractivity contribution in [2.45, 2.75) is 6.54 Å². The number of H-pyrrole nitrogens is 1. The van der Waals surface area contributed by atoms with Gasteiger partial charge < -0.3 is 14.8 Å². The van der Waals surface area contributed by atoms with Crippen molar-refractivity contribution >= 4 is 16.9 Å². The molecule has 5 aromatic rings. The fourth-order valence-electron chi connectivity index (χ4n) is 3.96. The minimum Gasteiger partial charge on any atom is -0.497 e. The normalized spacial score (nSPS) is 10.9. The Kier molecular flexibility index (Phi) is 6.32. The monoisotopic (exact) mass is 482 g/mol. The molecule has 7 nitrogen and oxygen atoms in total. The molecule has 0 unspecified atom stereocenters. The zero-order valence-corrected chi connectivity index (χ0v) is 19.7. The van der Waals surface area contributed by atoms with E-state index < -0.39 is 0 Å². The Morgan fingerprint density at radius 2 is 1.50 bits per heavy atom. The van der Waals surface area contributed by atoms with Crippen LogP contribution in [0, 0.1) is 5.82 Å². The number of amides is 1. The van der Waals surface area contributed by atoms with Gasteiger partial charge in [-0.15, -0.1) is 0 Å². The predicted molar refractivity (Wildman–Crippen MR) is 135 cm³/mol. The van der Waals surface area contributed by atoms with Gasteiger partial charge in [-0.3, -0.25) is 9.89 Å². The lowest BCUT2D eigenvalue weighted by atomic mass is 10.0. The van der Waals surface area contributed by atoms with Crippen molar-refractivity contribution in [2.75, 3.05) is 14.2 Å². The zero-order valence-electron chi connectivity index (χ0n) is 19.7. The van der Waals surface area contributed by atoms with E-state index in [4.69, 9.17) is 14.5 Å². The standard InChI is InChI=1S/C28H23FN4O3/c1-35-21-11-3-17(4-12-21)16-30-28(34)23-15-24(18-7-13-22(36-2)14-8-18)31-27-25(23)26(32-33-27)19-5-9-20(29)10-6-19/h3-15H,16H2,1-2H3,(H,30,34)(H,31,32,33). The predicted octanol–water partition coefficient (Wildman–Crippen LogP) is 5.38. The number of rotatable bonds is 7. The van der Waals surface area contributed by atoms with E-state index in [1.807, 2.05) is 48.5 Å². The number of hydrogen-bond acceptors (Lipinski definition) is 5. The lowest BCUT2D eigenvalue weighted by molar-refractivity contribution is 0.0952. The summed E-state index contributed by atoms with van der Waals surface area (Å²) < 4.78 is 24.0. The van der Waals surface area contributed by atoms with Crippen LogP contribution in [-0.4, -0.2) is 35.3 Å². The molecule has 0 saturated carbocycles. The first-order valence-electron chi connectivity index (χ1n) is 11.3. The molecule has 2 heterocycles. The number of nitrogens with zero attached hydrogens (tertiary/aromatic N) is 2. The number of ether oxygens (including phenoxy) is 2. The van der Waals surface area contributed by atoms with Crippen LogP contribution in [0.2, 0.25) is 0 Å². The summed E-state index contributed by atoms with van der Waals surface area (Å²) in [7, 11) is 3.21. The Balaban J connectivity index is 1.56. The van der Waals surface area contributed by atoms with Crippen molar-refractivity contribution in [3.05, 3.63) is 95.8 Å². The number of methoxy groups -OCH3 is 2. The van der Waals surface area contributed by atoms with Crippen LogP contribution in [0.1, 0.15) is 15.9 Å². The molecule has 0 aliphatic rings. The Morgan fingerprint density at radius 3 is 2.14 bits per heavy atom. The number of pyridine rings is 1. The number of nitrogens with one attached hydrogen (secondary N) is 2. The van der Waals surface area contributed by atoms with Crippen molar-refractivity contribution in [3.63, 3.8) is 0 Å². The fourth-order valence-corrected chi connectivity index (χ4v) is 3.96. The number of aromatic amines is 1. The summed E-state index contributed by atoms with van der Waals surface area (Å²) >= 11 is 0. The van der Waals surface area contributed by atoms with Crippen molar-refractivity contribution in [3.8, 4) is 34.0 Å². The molecule has 2 N–H and O–H groups in total. The first kappa shape index (κ1) is 23.0. The number of hydrogen-bond donors (Lipinski definition) is 2. The van der Waals surface area contributed by atoms with E-state index in [1.165, 1.54) is 12.1 Å². The Morgan fingerprint density at radius 1 is 0.889 bits per heavy atom. The molecule has 2 aromatic heterocycles. The van der Waals surface area contributed by atoms with Gasteiger partial charge >= 0.3 is 0 Å². The Bertz CT molecular complexity index is 1510. The number of carbonyl (C=O) groups is 1. The molecule has 0 aliphatic heterocycles. The highest BCUT2D eigenvalue weighted by molar-refractivity contribution is 6.10. The highest BCUT2D eigenvalue weighted by Crippen LogP contribution is 2.32. The highest BCUT2D eigenvalue weighted by atomic mass is 19.1. The van der Waals surface area contributed by atoms with Gasteiger partial charge in [0.2, 0.25) is 0 Å². The van der Waals surface area contributed by atoms with Crippen LogP contribution in [0.15, 0.2) is 78.9 Å². The zero-order chi connectivity index (χ0) is 25.1. The van der Waals surface area contributed by atoms with E-state index in [1.54, 1.807) is 32.4 Å². The van der Waals surface area contributed by atoms with Crippen LogP contribution < -0.4 is 14.8 Å². The first-order chi connectivity index (χ1) is 17.6. The van der Waals surface area contributed by atoms with E-state index in [2.05, 4.69) is 15.5 Å². The number of carbonyl (C=O) groups excluding carboxylic acids is 1. The van der Waals surface area contributed by atoms with E-state index in [-0.39, 0.29) is 11.7 Å². The van der Waals surface area contributed by atoms with E-state index >= 15 is 0 Å². The molecule has 36 heavy (non-hydrogen) atoms. The van der Waals surface area contributed by atoms with Gasteiger partial charge in [-0.05, 0) is 72.3 Å². The third kappa shape index (κ3) is 4.61. The molecule has 5 rings (SSSR count). The van der Waals surface area contributed by atoms with Crippen LogP contribution in [0.25, 0.3) is 33.5 Å². The summed E-state index contributed by atoms with van der Waals surface area (Å²) in [5, 5.41) is 10.9.